The van der Waals surface area contributed by atoms with Gasteiger partial charge in [-0.2, -0.15) is 0 Å². The zero-order valence-electron chi connectivity index (χ0n) is 19.6. The van der Waals surface area contributed by atoms with E-state index in [4.69, 9.17) is 14.6 Å². The van der Waals surface area contributed by atoms with Crippen LogP contribution in [0.15, 0.2) is 76.6 Å². The molecule has 1 amide bonds. The first kappa shape index (κ1) is 25.0. The van der Waals surface area contributed by atoms with Crippen LogP contribution in [0.5, 0.6) is 11.5 Å². The van der Waals surface area contributed by atoms with Crippen molar-refractivity contribution in [2.24, 2.45) is 4.99 Å². The number of rotatable bonds is 8. The van der Waals surface area contributed by atoms with Gasteiger partial charge in [-0.1, -0.05) is 18.2 Å². The molecule has 0 unspecified atom stereocenters. The molecule has 9 heteroatoms. The van der Waals surface area contributed by atoms with Crippen LogP contribution in [0.4, 0.5) is 10.1 Å². The number of carbonyl (C=O) groups excluding carboxylic acids is 1. The molecule has 1 aliphatic rings. The molecule has 0 radical (unpaired) electrons. The van der Waals surface area contributed by atoms with Gasteiger partial charge in [-0.3, -0.25) is 9.69 Å². The highest BCUT2D eigenvalue weighted by atomic mass is 32.2. The number of hydrogen-bond acceptors (Lipinski definition) is 6. The molecule has 0 bridgehead atoms. The summed E-state index contributed by atoms with van der Waals surface area (Å²) in [4.78, 5) is 30.3. The second kappa shape index (κ2) is 11.1. The molecule has 36 heavy (non-hydrogen) atoms. The van der Waals surface area contributed by atoms with Gasteiger partial charge < -0.3 is 14.6 Å². The fourth-order valence-corrected chi connectivity index (χ4v) is 4.32. The number of amides is 1. The molecule has 3 aromatic carbocycles. The van der Waals surface area contributed by atoms with Crippen LogP contribution in [-0.2, 0) is 11.4 Å². The highest BCUT2D eigenvalue weighted by Gasteiger charge is 2.30. The molecule has 0 atom stereocenters. The lowest BCUT2D eigenvalue weighted by molar-refractivity contribution is -0.121. The topological polar surface area (TPSA) is 88.4 Å². The lowest BCUT2D eigenvalue weighted by atomic mass is 10.1. The Balaban J connectivity index is 1.52. The van der Waals surface area contributed by atoms with Gasteiger partial charge in [0.05, 0.1) is 22.8 Å². The number of aliphatic imine (C=N–C) groups is 1. The Hall–Kier alpha value is -4.11. The number of carbonyl (C=O) groups is 2. The third-order valence-corrected chi connectivity index (χ3v) is 6.28. The maximum atomic E-state index is 13.1. The molecule has 1 aliphatic heterocycles. The Morgan fingerprint density at radius 3 is 2.44 bits per heavy atom. The fourth-order valence-electron chi connectivity index (χ4n) is 3.34. The Kier molecular flexibility index (Phi) is 7.70. The molecule has 7 nitrogen and oxygen atoms in total. The summed E-state index contributed by atoms with van der Waals surface area (Å²) < 4.78 is 24.8. The quantitative estimate of drug-likeness (QED) is 0.392. The Bertz CT molecular complexity index is 1340. The molecular weight excluding hydrogens is 483 g/mol. The number of nitrogens with zero attached hydrogens (tertiary/aromatic N) is 2. The van der Waals surface area contributed by atoms with E-state index in [1.807, 2.05) is 13.0 Å². The Morgan fingerprint density at radius 2 is 1.78 bits per heavy atom. The van der Waals surface area contributed by atoms with Crippen molar-refractivity contribution in [1.29, 1.82) is 0 Å². The molecule has 1 saturated heterocycles. The minimum atomic E-state index is -1.01. The lowest BCUT2D eigenvalue weighted by Gasteiger charge is -2.13. The van der Waals surface area contributed by atoms with Crippen molar-refractivity contribution in [3.05, 3.63) is 94.1 Å². The number of likely N-dealkylation sites (N-methyl/N-ethyl adjacent to an activating group) is 1. The minimum Gasteiger partial charge on any atom is -0.490 e. The van der Waals surface area contributed by atoms with E-state index in [9.17, 15) is 14.0 Å². The summed E-state index contributed by atoms with van der Waals surface area (Å²) in [5.41, 5.74) is 2.29. The number of aromatic carboxylic acids is 1. The van der Waals surface area contributed by atoms with Crippen LogP contribution >= 0.6 is 11.8 Å². The van der Waals surface area contributed by atoms with E-state index in [-0.39, 0.29) is 23.9 Å². The summed E-state index contributed by atoms with van der Waals surface area (Å²) >= 11 is 1.23. The first-order valence-corrected chi connectivity index (χ1v) is 11.9. The minimum absolute atomic E-state index is 0.165. The van der Waals surface area contributed by atoms with E-state index in [2.05, 4.69) is 4.99 Å². The normalized spacial score (nSPS) is 15.5. The number of hydrogen-bond donors (Lipinski definition) is 1. The summed E-state index contributed by atoms with van der Waals surface area (Å²) in [7, 11) is 1.64. The van der Waals surface area contributed by atoms with Crippen LogP contribution in [-0.4, -0.2) is 40.7 Å². The van der Waals surface area contributed by atoms with Gasteiger partial charge in [0.25, 0.3) is 5.91 Å². The van der Waals surface area contributed by atoms with Crippen molar-refractivity contribution in [1.82, 2.24) is 4.90 Å². The van der Waals surface area contributed by atoms with Crippen molar-refractivity contribution in [2.75, 3.05) is 13.7 Å². The van der Waals surface area contributed by atoms with Crippen molar-refractivity contribution < 1.29 is 28.6 Å². The predicted octanol–water partition coefficient (Wildman–Crippen LogP) is 5.74. The molecule has 1 N–H and O–H groups in total. The molecule has 3 aromatic rings. The molecule has 0 aromatic heterocycles. The van der Waals surface area contributed by atoms with Gasteiger partial charge in [0.2, 0.25) is 0 Å². The SMILES string of the molecule is CCOc1cc(/C=C2\SC(=Nc3ccc(C(=O)O)cc3)N(C)C2=O)ccc1OCc1ccc(F)cc1. The lowest BCUT2D eigenvalue weighted by Crippen LogP contribution is -2.23. The van der Waals surface area contributed by atoms with Crippen LogP contribution < -0.4 is 9.47 Å². The number of carboxylic acids is 1. The van der Waals surface area contributed by atoms with Crippen LogP contribution in [0, 0.1) is 5.82 Å². The highest BCUT2D eigenvalue weighted by Crippen LogP contribution is 2.35. The number of ether oxygens (including phenoxy) is 2. The van der Waals surface area contributed by atoms with Crippen molar-refractivity contribution >= 4 is 40.6 Å². The summed E-state index contributed by atoms with van der Waals surface area (Å²) in [6.07, 6.45) is 1.76. The number of carboxylic acid groups (broad SMARTS) is 1. The molecule has 1 heterocycles. The van der Waals surface area contributed by atoms with Crippen molar-refractivity contribution in [3.63, 3.8) is 0 Å². The first-order chi connectivity index (χ1) is 17.3. The summed E-state index contributed by atoms with van der Waals surface area (Å²) in [5, 5.41) is 9.53. The van der Waals surface area contributed by atoms with E-state index < -0.39 is 5.97 Å². The largest absolute Gasteiger partial charge is 0.490 e. The molecule has 4 rings (SSSR count). The number of halogens is 1. The maximum absolute atomic E-state index is 13.1. The molecule has 1 fully saturated rings. The Labute approximate surface area is 211 Å². The van der Waals surface area contributed by atoms with E-state index in [1.165, 1.54) is 40.9 Å². The van der Waals surface area contributed by atoms with E-state index in [0.717, 1.165) is 11.1 Å². The van der Waals surface area contributed by atoms with Gasteiger partial charge in [-0.05, 0) is 84.4 Å². The van der Waals surface area contributed by atoms with Crippen molar-refractivity contribution in [2.45, 2.75) is 13.5 Å². The van der Waals surface area contributed by atoms with Gasteiger partial charge in [-0.25, -0.2) is 14.2 Å². The van der Waals surface area contributed by atoms with E-state index in [1.54, 1.807) is 49.5 Å². The highest BCUT2D eigenvalue weighted by molar-refractivity contribution is 8.18. The molecule has 0 saturated carbocycles. The Morgan fingerprint density at radius 1 is 1.06 bits per heavy atom. The standard InChI is InChI=1S/C27H23FN2O5S/c1-3-34-23-14-18(6-13-22(23)35-16-17-4-9-20(28)10-5-17)15-24-25(31)30(2)27(36-24)29-21-11-7-19(8-12-21)26(32)33/h4-15H,3,16H2,1-2H3,(H,32,33)/b24-15-,29-27?. The van der Waals surface area contributed by atoms with Crippen LogP contribution in [0.2, 0.25) is 0 Å². The zero-order chi connectivity index (χ0) is 25.7. The summed E-state index contributed by atoms with van der Waals surface area (Å²) in [6.45, 7) is 2.56. The average Bonchev–Trinajstić information content (AvgIpc) is 3.12. The van der Waals surface area contributed by atoms with Crippen LogP contribution in [0.1, 0.15) is 28.4 Å². The van der Waals surface area contributed by atoms with Gasteiger partial charge in [0.1, 0.15) is 12.4 Å². The predicted molar refractivity (Wildman–Crippen MR) is 137 cm³/mol. The second-order valence-corrected chi connectivity index (χ2v) is 8.78. The average molecular weight is 507 g/mol. The van der Waals surface area contributed by atoms with Gasteiger partial charge in [-0.15, -0.1) is 0 Å². The van der Waals surface area contributed by atoms with Crippen LogP contribution in [0.3, 0.4) is 0 Å². The fraction of sp³-hybridized carbons (Fsp3) is 0.148. The first-order valence-electron chi connectivity index (χ1n) is 11.1. The number of thioether (sulfide) groups is 1. The van der Waals surface area contributed by atoms with Crippen molar-refractivity contribution in [3.8, 4) is 11.5 Å². The van der Waals surface area contributed by atoms with Gasteiger partial charge in [0, 0.05) is 7.05 Å². The molecule has 0 aliphatic carbocycles. The molecule has 0 spiro atoms. The third-order valence-electron chi connectivity index (χ3n) is 5.22. The van der Waals surface area contributed by atoms with E-state index in [0.29, 0.717) is 33.9 Å². The number of benzene rings is 3. The van der Waals surface area contributed by atoms with Gasteiger partial charge in [0.15, 0.2) is 16.7 Å². The summed E-state index contributed by atoms with van der Waals surface area (Å²) in [6, 6.07) is 17.6. The molecule has 184 valence electrons. The third kappa shape index (κ3) is 5.92. The molecular formula is C27H23FN2O5S. The monoisotopic (exact) mass is 506 g/mol. The maximum Gasteiger partial charge on any atom is 0.335 e. The van der Waals surface area contributed by atoms with E-state index >= 15 is 0 Å². The summed E-state index contributed by atoms with van der Waals surface area (Å²) in [5.74, 6) is -0.445. The van der Waals surface area contributed by atoms with Gasteiger partial charge >= 0.3 is 5.97 Å². The zero-order valence-corrected chi connectivity index (χ0v) is 20.4. The number of amidine groups is 1. The second-order valence-electron chi connectivity index (χ2n) is 7.78. The van der Waals surface area contributed by atoms with Crippen LogP contribution in [0.25, 0.3) is 6.08 Å². The smallest absolute Gasteiger partial charge is 0.335 e.